The fourth-order valence-corrected chi connectivity index (χ4v) is 2.04. The van der Waals surface area contributed by atoms with Crippen molar-refractivity contribution in [2.45, 2.75) is 13.8 Å². The molecule has 2 aromatic heterocycles. The molecule has 0 aromatic carbocycles. The molecule has 0 aliphatic heterocycles. The van der Waals surface area contributed by atoms with Crippen LogP contribution in [0.5, 0.6) is 0 Å². The van der Waals surface area contributed by atoms with Gasteiger partial charge in [-0.15, -0.1) is 0 Å². The Labute approximate surface area is 116 Å². The third kappa shape index (κ3) is 2.90. The zero-order valence-corrected chi connectivity index (χ0v) is 11.7. The maximum absolute atomic E-state index is 11.6. The molecular weight excluding hydrogens is 264 g/mol. The summed E-state index contributed by atoms with van der Waals surface area (Å²) in [6, 6.07) is 5.54. The Bertz CT molecular complexity index is 621. The van der Waals surface area contributed by atoms with Gasteiger partial charge in [-0.05, 0) is 37.6 Å². The van der Waals surface area contributed by atoms with Crippen molar-refractivity contribution in [1.82, 2.24) is 9.97 Å². The van der Waals surface area contributed by atoms with Crippen molar-refractivity contribution in [1.29, 1.82) is 0 Å². The zero-order valence-electron chi connectivity index (χ0n) is 10.9. The van der Waals surface area contributed by atoms with Gasteiger partial charge in [-0.1, -0.05) is 11.6 Å². The van der Waals surface area contributed by atoms with Crippen molar-refractivity contribution in [2.24, 2.45) is 0 Å². The summed E-state index contributed by atoms with van der Waals surface area (Å²) in [5, 5.41) is 0.137. The maximum atomic E-state index is 11.6. The average Bonchev–Trinajstić information content (AvgIpc) is 2.37. The Morgan fingerprint density at radius 3 is 2.37 bits per heavy atom. The van der Waals surface area contributed by atoms with Crippen LogP contribution in [0.15, 0.2) is 24.4 Å². The Morgan fingerprint density at radius 1 is 1.16 bits per heavy atom. The van der Waals surface area contributed by atoms with Crippen molar-refractivity contribution in [3.05, 3.63) is 46.5 Å². The minimum absolute atomic E-state index is 0.137. The number of hydrogen-bond donors (Lipinski definition) is 0. The molecule has 0 amide bonds. The van der Waals surface area contributed by atoms with E-state index >= 15 is 0 Å². The summed E-state index contributed by atoms with van der Waals surface area (Å²) in [5.41, 5.74) is 3.82. The number of halogens is 1. The molecule has 19 heavy (non-hydrogen) atoms. The zero-order chi connectivity index (χ0) is 14.0. The van der Waals surface area contributed by atoms with Gasteiger partial charge in [0.25, 0.3) is 0 Å². The highest BCUT2D eigenvalue weighted by atomic mass is 35.5. The highest BCUT2D eigenvalue weighted by molar-refractivity contribution is 6.32. The van der Waals surface area contributed by atoms with Gasteiger partial charge >= 0.3 is 5.97 Å². The number of methoxy groups -OCH3 is 1. The van der Waals surface area contributed by atoms with Gasteiger partial charge in [-0.3, -0.25) is 4.98 Å². The van der Waals surface area contributed by atoms with Crippen molar-refractivity contribution in [3.8, 4) is 11.1 Å². The first-order valence-electron chi connectivity index (χ1n) is 5.71. The van der Waals surface area contributed by atoms with Crippen LogP contribution in [0.4, 0.5) is 0 Å². The first-order valence-corrected chi connectivity index (χ1v) is 6.08. The van der Waals surface area contributed by atoms with E-state index in [1.165, 1.54) is 7.11 Å². The molecule has 0 aliphatic rings. The summed E-state index contributed by atoms with van der Waals surface area (Å²) >= 11 is 5.90. The van der Waals surface area contributed by atoms with Crippen LogP contribution in [0.1, 0.15) is 21.7 Å². The third-order valence-corrected chi connectivity index (χ3v) is 2.96. The molecule has 2 aromatic rings. The predicted octanol–water partition coefficient (Wildman–Crippen LogP) is 3.20. The Kier molecular flexibility index (Phi) is 3.81. The first-order chi connectivity index (χ1) is 9.01. The van der Waals surface area contributed by atoms with Gasteiger partial charge in [0.2, 0.25) is 0 Å². The summed E-state index contributed by atoms with van der Waals surface area (Å²) in [4.78, 5) is 19.9. The summed E-state index contributed by atoms with van der Waals surface area (Å²) < 4.78 is 4.68. The van der Waals surface area contributed by atoms with Crippen LogP contribution >= 0.6 is 11.6 Å². The van der Waals surface area contributed by atoms with Crippen LogP contribution in [0.25, 0.3) is 11.1 Å². The molecule has 0 bridgehead atoms. The molecule has 2 rings (SSSR count). The van der Waals surface area contributed by atoms with E-state index in [2.05, 4.69) is 14.7 Å². The predicted molar refractivity (Wildman–Crippen MR) is 73.3 cm³/mol. The van der Waals surface area contributed by atoms with E-state index in [1.54, 1.807) is 12.3 Å². The number of nitrogens with zero attached hydrogens (tertiary/aromatic N) is 2. The molecule has 0 N–H and O–H groups in total. The minimum Gasteiger partial charge on any atom is -0.465 e. The Morgan fingerprint density at radius 2 is 1.79 bits per heavy atom. The summed E-state index contributed by atoms with van der Waals surface area (Å²) in [7, 11) is 1.31. The van der Waals surface area contributed by atoms with Crippen molar-refractivity contribution >= 4 is 17.6 Å². The molecule has 0 aliphatic carbocycles. The number of aromatic nitrogens is 2. The SMILES string of the molecule is COC(=O)c1cc(-c2cc(C)nc(C)c2)cnc1Cl. The summed E-state index contributed by atoms with van der Waals surface area (Å²) in [6.07, 6.45) is 1.63. The monoisotopic (exact) mass is 276 g/mol. The minimum atomic E-state index is -0.498. The number of rotatable bonds is 2. The van der Waals surface area contributed by atoms with E-state index in [1.807, 2.05) is 26.0 Å². The van der Waals surface area contributed by atoms with E-state index in [0.29, 0.717) is 0 Å². The summed E-state index contributed by atoms with van der Waals surface area (Å²) in [6.45, 7) is 3.84. The quantitative estimate of drug-likeness (QED) is 0.624. The normalized spacial score (nSPS) is 10.3. The fraction of sp³-hybridized carbons (Fsp3) is 0.214. The smallest absolute Gasteiger partial charge is 0.341 e. The van der Waals surface area contributed by atoms with Crippen LogP contribution in [-0.2, 0) is 4.74 Å². The Balaban J connectivity index is 2.54. The number of esters is 1. The van der Waals surface area contributed by atoms with E-state index in [0.717, 1.165) is 22.5 Å². The van der Waals surface area contributed by atoms with Gasteiger partial charge in [0, 0.05) is 23.1 Å². The molecule has 0 atom stereocenters. The second-order valence-corrected chi connectivity index (χ2v) is 4.55. The summed E-state index contributed by atoms with van der Waals surface area (Å²) in [5.74, 6) is -0.498. The van der Waals surface area contributed by atoms with Gasteiger partial charge in [-0.25, -0.2) is 9.78 Å². The van der Waals surface area contributed by atoms with E-state index < -0.39 is 5.97 Å². The largest absolute Gasteiger partial charge is 0.465 e. The number of carbonyl (C=O) groups excluding carboxylic acids is 1. The lowest BCUT2D eigenvalue weighted by atomic mass is 10.1. The van der Waals surface area contributed by atoms with E-state index in [4.69, 9.17) is 11.6 Å². The van der Waals surface area contributed by atoms with Gasteiger partial charge in [0.15, 0.2) is 0 Å². The van der Waals surface area contributed by atoms with Crippen molar-refractivity contribution in [3.63, 3.8) is 0 Å². The van der Waals surface area contributed by atoms with Crippen LogP contribution in [0, 0.1) is 13.8 Å². The second-order valence-electron chi connectivity index (χ2n) is 4.19. The lowest BCUT2D eigenvalue weighted by Gasteiger charge is -2.07. The lowest BCUT2D eigenvalue weighted by Crippen LogP contribution is -2.03. The first kappa shape index (κ1) is 13.5. The molecule has 0 saturated heterocycles. The van der Waals surface area contributed by atoms with Gasteiger partial charge < -0.3 is 4.74 Å². The fourth-order valence-electron chi connectivity index (χ4n) is 1.86. The van der Waals surface area contributed by atoms with Crippen LogP contribution in [-0.4, -0.2) is 23.0 Å². The van der Waals surface area contributed by atoms with Gasteiger partial charge in [-0.2, -0.15) is 0 Å². The molecule has 0 spiro atoms. The van der Waals surface area contributed by atoms with Crippen molar-refractivity contribution < 1.29 is 9.53 Å². The topological polar surface area (TPSA) is 52.1 Å². The molecule has 0 radical (unpaired) electrons. The highest BCUT2D eigenvalue weighted by Crippen LogP contribution is 2.24. The van der Waals surface area contributed by atoms with Gasteiger partial charge in [0.1, 0.15) is 5.15 Å². The second kappa shape index (κ2) is 5.36. The number of carbonyl (C=O) groups is 1. The van der Waals surface area contributed by atoms with Crippen LogP contribution < -0.4 is 0 Å². The van der Waals surface area contributed by atoms with E-state index in [9.17, 15) is 4.79 Å². The average molecular weight is 277 g/mol. The maximum Gasteiger partial charge on any atom is 0.341 e. The standard InChI is InChI=1S/C14H13ClN2O2/c1-8-4-10(5-9(2)17-8)11-6-12(14(18)19-3)13(15)16-7-11/h4-7H,1-3H3. The van der Waals surface area contributed by atoms with Crippen LogP contribution in [0.2, 0.25) is 5.15 Å². The molecular formula is C14H13ClN2O2. The number of hydrogen-bond acceptors (Lipinski definition) is 4. The van der Waals surface area contributed by atoms with Gasteiger partial charge in [0.05, 0.1) is 12.7 Å². The molecule has 0 saturated carbocycles. The molecule has 0 fully saturated rings. The van der Waals surface area contributed by atoms with E-state index in [-0.39, 0.29) is 10.7 Å². The van der Waals surface area contributed by atoms with Crippen molar-refractivity contribution in [2.75, 3.05) is 7.11 Å². The molecule has 5 heteroatoms. The third-order valence-electron chi connectivity index (χ3n) is 2.66. The molecule has 98 valence electrons. The van der Waals surface area contributed by atoms with Crippen LogP contribution in [0.3, 0.4) is 0 Å². The molecule has 4 nitrogen and oxygen atoms in total. The number of aryl methyl sites for hydroxylation is 2. The molecule has 0 unspecified atom stereocenters. The molecule has 2 heterocycles. The highest BCUT2D eigenvalue weighted by Gasteiger charge is 2.13. The lowest BCUT2D eigenvalue weighted by molar-refractivity contribution is 0.0600. The number of pyridine rings is 2. The number of ether oxygens (including phenoxy) is 1. The Hall–Kier alpha value is -1.94.